The normalized spacial score (nSPS) is 12.2. The summed E-state index contributed by atoms with van der Waals surface area (Å²) < 4.78 is 20.0. The van der Waals surface area contributed by atoms with Crippen LogP contribution in [0.1, 0.15) is 22.7 Å². The van der Waals surface area contributed by atoms with Gasteiger partial charge in [0.25, 0.3) is 0 Å². The molecule has 4 heteroatoms. The van der Waals surface area contributed by atoms with Crippen LogP contribution in [-0.4, -0.2) is 14.2 Å². The second-order valence-corrected chi connectivity index (χ2v) is 5.47. The molecule has 0 aliphatic carbocycles. The predicted molar refractivity (Wildman–Crippen MR) is 82.7 cm³/mol. The van der Waals surface area contributed by atoms with Crippen molar-refractivity contribution < 1.29 is 9.13 Å². The molecule has 20 heavy (non-hydrogen) atoms. The van der Waals surface area contributed by atoms with Gasteiger partial charge in [-0.25, -0.2) is 4.39 Å². The molecule has 1 unspecified atom stereocenters. The van der Waals surface area contributed by atoms with Crippen LogP contribution < -0.4 is 10.1 Å². The van der Waals surface area contributed by atoms with E-state index in [2.05, 4.69) is 21.2 Å². The second kappa shape index (κ2) is 6.37. The summed E-state index contributed by atoms with van der Waals surface area (Å²) in [6.45, 7) is 1.76. The fourth-order valence-corrected chi connectivity index (χ4v) is 2.64. The molecule has 0 aliphatic heterocycles. The van der Waals surface area contributed by atoms with Crippen molar-refractivity contribution in [3.63, 3.8) is 0 Å². The topological polar surface area (TPSA) is 21.3 Å². The number of hydrogen-bond acceptors (Lipinski definition) is 2. The maximum Gasteiger partial charge on any atom is 0.126 e. The molecule has 0 heterocycles. The Labute approximate surface area is 127 Å². The molecular formula is C16H17BrFNO. The van der Waals surface area contributed by atoms with Crippen molar-refractivity contribution in [3.05, 3.63) is 63.4 Å². The van der Waals surface area contributed by atoms with E-state index in [9.17, 15) is 4.39 Å². The molecule has 0 bridgehead atoms. The molecule has 0 saturated heterocycles. The van der Waals surface area contributed by atoms with E-state index < -0.39 is 0 Å². The Balaban J connectivity index is 2.48. The van der Waals surface area contributed by atoms with Gasteiger partial charge in [-0.2, -0.15) is 0 Å². The zero-order valence-corrected chi connectivity index (χ0v) is 13.3. The maximum atomic E-state index is 13.8. The zero-order valence-electron chi connectivity index (χ0n) is 11.7. The van der Waals surface area contributed by atoms with Crippen LogP contribution in [-0.2, 0) is 0 Å². The van der Waals surface area contributed by atoms with E-state index in [1.165, 1.54) is 0 Å². The minimum atomic E-state index is -0.193. The summed E-state index contributed by atoms with van der Waals surface area (Å²) in [6.07, 6.45) is 0. The van der Waals surface area contributed by atoms with Gasteiger partial charge in [-0.3, -0.25) is 0 Å². The summed E-state index contributed by atoms with van der Waals surface area (Å²) in [7, 11) is 3.49. The van der Waals surface area contributed by atoms with Crippen LogP contribution in [0.5, 0.6) is 5.75 Å². The summed E-state index contributed by atoms with van der Waals surface area (Å²) in [4.78, 5) is 0. The number of nitrogens with one attached hydrogen (secondary N) is 1. The Morgan fingerprint density at radius 1 is 1.20 bits per heavy atom. The van der Waals surface area contributed by atoms with Crippen LogP contribution in [0.15, 0.2) is 40.9 Å². The molecule has 106 valence electrons. The molecule has 0 radical (unpaired) electrons. The van der Waals surface area contributed by atoms with Crippen LogP contribution >= 0.6 is 15.9 Å². The molecule has 1 N–H and O–H groups in total. The van der Waals surface area contributed by atoms with Gasteiger partial charge >= 0.3 is 0 Å². The molecule has 0 aliphatic rings. The van der Waals surface area contributed by atoms with E-state index in [0.717, 1.165) is 21.3 Å². The van der Waals surface area contributed by atoms with Crippen molar-refractivity contribution in [2.24, 2.45) is 0 Å². The summed E-state index contributed by atoms with van der Waals surface area (Å²) in [6, 6.07) is 11.0. The molecular weight excluding hydrogens is 321 g/mol. The summed E-state index contributed by atoms with van der Waals surface area (Å²) in [5, 5.41) is 3.22. The van der Waals surface area contributed by atoms with Gasteiger partial charge in [-0.15, -0.1) is 0 Å². The lowest BCUT2D eigenvalue weighted by atomic mass is 9.97. The fourth-order valence-electron chi connectivity index (χ4n) is 2.16. The van der Waals surface area contributed by atoms with Gasteiger partial charge in [0.1, 0.15) is 11.6 Å². The first-order valence-corrected chi connectivity index (χ1v) is 7.13. The maximum absolute atomic E-state index is 13.8. The number of ether oxygens (including phenoxy) is 1. The van der Waals surface area contributed by atoms with Crippen molar-refractivity contribution in [1.82, 2.24) is 5.32 Å². The third-order valence-electron chi connectivity index (χ3n) is 3.33. The molecule has 0 fully saturated rings. The Morgan fingerprint density at radius 3 is 2.55 bits per heavy atom. The predicted octanol–water partition coefficient (Wildman–Crippen LogP) is 4.21. The average Bonchev–Trinajstić information content (AvgIpc) is 2.45. The Bertz CT molecular complexity index is 615. The lowest BCUT2D eigenvalue weighted by Gasteiger charge is -2.20. The second-order valence-electron chi connectivity index (χ2n) is 4.62. The van der Waals surface area contributed by atoms with E-state index in [1.54, 1.807) is 26.2 Å². The third kappa shape index (κ3) is 3.02. The van der Waals surface area contributed by atoms with Gasteiger partial charge in [0.15, 0.2) is 0 Å². The van der Waals surface area contributed by atoms with Gasteiger partial charge in [0.2, 0.25) is 0 Å². The van der Waals surface area contributed by atoms with Crippen molar-refractivity contribution >= 4 is 15.9 Å². The SMILES string of the molecule is CNC(c1ccc(C)c(F)c1)c1cc(OC)ccc1Br. The van der Waals surface area contributed by atoms with Gasteiger partial charge in [-0.05, 0) is 54.9 Å². The highest BCUT2D eigenvalue weighted by Gasteiger charge is 2.17. The van der Waals surface area contributed by atoms with E-state index in [1.807, 2.05) is 31.3 Å². The lowest BCUT2D eigenvalue weighted by molar-refractivity contribution is 0.413. The van der Waals surface area contributed by atoms with E-state index in [0.29, 0.717) is 5.56 Å². The number of rotatable bonds is 4. The molecule has 2 nitrogen and oxygen atoms in total. The Kier molecular flexibility index (Phi) is 4.78. The van der Waals surface area contributed by atoms with E-state index in [4.69, 9.17) is 4.74 Å². The van der Waals surface area contributed by atoms with Gasteiger partial charge in [-0.1, -0.05) is 28.1 Å². The third-order valence-corrected chi connectivity index (χ3v) is 4.05. The smallest absolute Gasteiger partial charge is 0.126 e. The van der Waals surface area contributed by atoms with Crippen molar-refractivity contribution in [1.29, 1.82) is 0 Å². The van der Waals surface area contributed by atoms with E-state index >= 15 is 0 Å². The molecule has 1 atom stereocenters. The van der Waals surface area contributed by atoms with Crippen LogP contribution in [0.25, 0.3) is 0 Å². The highest BCUT2D eigenvalue weighted by Crippen LogP contribution is 2.32. The number of benzene rings is 2. The first kappa shape index (κ1) is 15.0. The number of aryl methyl sites for hydroxylation is 1. The highest BCUT2D eigenvalue weighted by atomic mass is 79.9. The minimum absolute atomic E-state index is 0.102. The monoisotopic (exact) mass is 337 g/mol. The summed E-state index contributed by atoms with van der Waals surface area (Å²) >= 11 is 3.54. The quantitative estimate of drug-likeness (QED) is 0.902. The van der Waals surface area contributed by atoms with Crippen LogP contribution in [0.3, 0.4) is 0 Å². The summed E-state index contributed by atoms with van der Waals surface area (Å²) in [5.41, 5.74) is 2.54. The van der Waals surface area contributed by atoms with Crippen molar-refractivity contribution in [3.8, 4) is 5.75 Å². The lowest BCUT2D eigenvalue weighted by Crippen LogP contribution is -2.18. The van der Waals surface area contributed by atoms with Gasteiger partial charge in [0, 0.05) is 4.47 Å². The van der Waals surface area contributed by atoms with E-state index in [-0.39, 0.29) is 11.9 Å². The molecule has 0 saturated carbocycles. The van der Waals surface area contributed by atoms with Crippen LogP contribution in [0.2, 0.25) is 0 Å². The Morgan fingerprint density at radius 2 is 1.95 bits per heavy atom. The molecule has 2 rings (SSSR count). The molecule has 0 aromatic heterocycles. The first-order valence-electron chi connectivity index (χ1n) is 6.33. The van der Waals surface area contributed by atoms with Gasteiger partial charge in [0.05, 0.1) is 13.2 Å². The average molecular weight is 338 g/mol. The first-order chi connectivity index (χ1) is 9.56. The van der Waals surface area contributed by atoms with Crippen molar-refractivity contribution in [2.45, 2.75) is 13.0 Å². The molecule has 2 aromatic carbocycles. The van der Waals surface area contributed by atoms with Crippen molar-refractivity contribution in [2.75, 3.05) is 14.2 Å². The number of methoxy groups -OCH3 is 1. The van der Waals surface area contributed by atoms with Gasteiger partial charge < -0.3 is 10.1 Å². The molecule has 2 aromatic rings. The minimum Gasteiger partial charge on any atom is -0.497 e. The molecule has 0 spiro atoms. The number of hydrogen-bond donors (Lipinski definition) is 1. The van der Waals surface area contributed by atoms with Crippen LogP contribution in [0, 0.1) is 12.7 Å². The number of halogens is 2. The largest absolute Gasteiger partial charge is 0.497 e. The fraction of sp³-hybridized carbons (Fsp3) is 0.250. The highest BCUT2D eigenvalue weighted by molar-refractivity contribution is 9.10. The summed E-state index contributed by atoms with van der Waals surface area (Å²) in [5.74, 6) is 0.581. The molecule has 0 amide bonds. The Hall–Kier alpha value is -1.39. The van der Waals surface area contributed by atoms with Crippen LogP contribution in [0.4, 0.5) is 4.39 Å². The zero-order chi connectivity index (χ0) is 14.7. The standard InChI is InChI=1S/C16H17BrFNO/c1-10-4-5-11(8-15(10)18)16(19-2)13-9-12(20-3)6-7-14(13)17/h4-9,16,19H,1-3H3.